The zero-order chi connectivity index (χ0) is 18.7. The van der Waals surface area contributed by atoms with E-state index in [4.69, 9.17) is 16.3 Å². The molecule has 1 N–H and O–H groups in total. The number of morpholine rings is 1. The van der Waals surface area contributed by atoms with Crippen molar-refractivity contribution in [3.63, 3.8) is 0 Å². The molecule has 1 aliphatic rings. The quantitative estimate of drug-likeness (QED) is 0.835. The van der Waals surface area contributed by atoms with Gasteiger partial charge < -0.3 is 10.1 Å². The smallest absolute Gasteiger partial charge is 0.137 e. The van der Waals surface area contributed by atoms with Crippen molar-refractivity contribution in [2.24, 2.45) is 0 Å². The first-order chi connectivity index (χ1) is 12.4. The molecule has 0 amide bonds. The zero-order valence-electron chi connectivity index (χ0n) is 15.6. The van der Waals surface area contributed by atoms with Crippen molar-refractivity contribution < 1.29 is 9.13 Å². The van der Waals surface area contributed by atoms with Crippen LogP contribution in [0.4, 0.5) is 4.39 Å². The Kier molecular flexibility index (Phi) is 5.97. The van der Waals surface area contributed by atoms with Gasteiger partial charge in [0.05, 0.1) is 24.6 Å². The maximum atomic E-state index is 13.1. The SMILES string of the molecule is Cc1nn(-c2ccc(F)cc2)c(Cl)c1CNCC(C)(C)N1CCOCC1. The van der Waals surface area contributed by atoms with Gasteiger partial charge in [-0.1, -0.05) is 11.6 Å². The summed E-state index contributed by atoms with van der Waals surface area (Å²) in [5.74, 6) is -0.277. The number of hydrogen-bond donors (Lipinski definition) is 1. The van der Waals surface area contributed by atoms with Crippen molar-refractivity contribution in [3.05, 3.63) is 46.5 Å². The standard InChI is InChI=1S/C19H26ClFN4O/c1-14-17(12-22-13-19(2,3)24-8-10-26-11-9-24)18(20)25(23-14)16-6-4-15(21)5-7-16/h4-7,22H,8-13H2,1-3H3. The predicted molar refractivity (Wildman–Crippen MR) is 101 cm³/mol. The van der Waals surface area contributed by atoms with Crippen LogP contribution in [-0.2, 0) is 11.3 Å². The van der Waals surface area contributed by atoms with Crippen molar-refractivity contribution in [2.75, 3.05) is 32.8 Å². The van der Waals surface area contributed by atoms with E-state index in [-0.39, 0.29) is 11.4 Å². The second kappa shape index (κ2) is 8.05. The molecule has 1 aromatic carbocycles. The third-order valence-electron chi connectivity index (χ3n) is 4.92. The lowest BCUT2D eigenvalue weighted by Crippen LogP contribution is -2.54. The van der Waals surface area contributed by atoms with E-state index in [0.717, 1.165) is 49.8 Å². The van der Waals surface area contributed by atoms with Crippen LogP contribution < -0.4 is 5.32 Å². The molecule has 0 saturated carbocycles. The molecule has 0 unspecified atom stereocenters. The summed E-state index contributed by atoms with van der Waals surface area (Å²) in [6, 6.07) is 6.16. The molecular weight excluding hydrogens is 355 g/mol. The van der Waals surface area contributed by atoms with E-state index in [1.165, 1.54) is 12.1 Å². The minimum atomic E-state index is -0.277. The van der Waals surface area contributed by atoms with Crippen LogP contribution in [0.25, 0.3) is 5.69 Å². The summed E-state index contributed by atoms with van der Waals surface area (Å²) in [6.07, 6.45) is 0. The minimum Gasteiger partial charge on any atom is -0.379 e. The molecule has 3 rings (SSSR count). The average molecular weight is 381 g/mol. The highest BCUT2D eigenvalue weighted by molar-refractivity contribution is 6.30. The van der Waals surface area contributed by atoms with E-state index >= 15 is 0 Å². The van der Waals surface area contributed by atoms with Crippen LogP contribution in [0.15, 0.2) is 24.3 Å². The Morgan fingerprint density at radius 1 is 1.23 bits per heavy atom. The van der Waals surface area contributed by atoms with Gasteiger partial charge in [0.1, 0.15) is 11.0 Å². The van der Waals surface area contributed by atoms with Crippen LogP contribution in [0.2, 0.25) is 5.15 Å². The number of nitrogens with zero attached hydrogens (tertiary/aromatic N) is 3. The van der Waals surface area contributed by atoms with Gasteiger partial charge in [0.15, 0.2) is 0 Å². The van der Waals surface area contributed by atoms with Crippen molar-refractivity contribution in [1.29, 1.82) is 0 Å². The second-order valence-electron chi connectivity index (χ2n) is 7.26. The average Bonchev–Trinajstić information content (AvgIpc) is 2.91. The van der Waals surface area contributed by atoms with Crippen LogP contribution in [0.1, 0.15) is 25.1 Å². The number of nitrogens with one attached hydrogen (secondary N) is 1. The van der Waals surface area contributed by atoms with Gasteiger partial charge in [0, 0.05) is 37.3 Å². The second-order valence-corrected chi connectivity index (χ2v) is 7.62. The Morgan fingerprint density at radius 3 is 2.54 bits per heavy atom. The topological polar surface area (TPSA) is 42.3 Å². The summed E-state index contributed by atoms with van der Waals surface area (Å²) in [4.78, 5) is 2.44. The lowest BCUT2D eigenvalue weighted by atomic mass is 10.0. The minimum absolute atomic E-state index is 0.0388. The first-order valence-corrected chi connectivity index (χ1v) is 9.30. The Bertz CT molecular complexity index is 739. The highest BCUT2D eigenvalue weighted by Crippen LogP contribution is 2.24. The molecule has 0 aliphatic carbocycles. The monoisotopic (exact) mass is 380 g/mol. The molecule has 0 bridgehead atoms. The molecule has 1 saturated heterocycles. The fourth-order valence-corrected chi connectivity index (χ4v) is 3.60. The van der Waals surface area contributed by atoms with E-state index in [9.17, 15) is 4.39 Å². The van der Waals surface area contributed by atoms with Gasteiger partial charge in [-0.3, -0.25) is 4.90 Å². The van der Waals surface area contributed by atoms with Gasteiger partial charge in [0.2, 0.25) is 0 Å². The van der Waals surface area contributed by atoms with Crippen LogP contribution in [0, 0.1) is 12.7 Å². The molecule has 142 valence electrons. The van der Waals surface area contributed by atoms with Gasteiger partial charge in [0.25, 0.3) is 0 Å². The molecule has 0 radical (unpaired) electrons. The molecule has 0 spiro atoms. The molecule has 0 atom stereocenters. The third kappa shape index (κ3) is 4.26. The van der Waals surface area contributed by atoms with Gasteiger partial charge in [-0.15, -0.1) is 0 Å². The molecule has 2 aromatic rings. The normalized spacial score (nSPS) is 16.2. The Hall–Kier alpha value is -1.47. The first kappa shape index (κ1) is 19.3. The molecule has 2 heterocycles. The first-order valence-electron chi connectivity index (χ1n) is 8.92. The fraction of sp³-hybridized carbons (Fsp3) is 0.526. The van der Waals surface area contributed by atoms with E-state index in [2.05, 4.69) is 29.2 Å². The molecule has 1 fully saturated rings. The Balaban J connectivity index is 1.66. The molecule has 1 aliphatic heterocycles. The van der Waals surface area contributed by atoms with Gasteiger partial charge >= 0.3 is 0 Å². The molecular formula is C19H26ClFN4O. The number of hydrogen-bond acceptors (Lipinski definition) is 4. The number of benzene rings is 1. The number of aromatic nitrogens is 2. The summed E-state index contributed by atoms with van der Waals surface area (Å²) < 4.78 is 20.2. The third-order valence-corrected chi connectivity index (χ3v) is 5.31. The molecule has 7 heteroatoms. The Morgan fingerprint density at radius 2 is 1.88 bits per heavy atom. The van der Waals surface area contributed by atoms with E-state index in [1.807, 2.05) is 6.92 Å². The lowest BCUT2D eigenvalue weighted by molar-refractivity contribution is -0.00967. The molecule has 5 nitrogen and oxygen atoms in total. The van der Waals surface area contributed by atoms with Crippen LogP contribution in [0.5, 0.6) is 0 Å². The fourth-order valence-electron chi connectivity index (χ4n) is 3.26. The van der Waals surface area contributed by atoms with E-state index in [1.54, 1.807) is 16.8 Å². The summed E-state index contributed by atoms with van der Waals surface area (Å²) in [5.41, 5.74) is 2.63. The largest absolute Gasteiger partial charge is 0.379 e. The number of ether oxygens (including phenoxy) is 1. The predicted octanol–water partition coefficient (Wildman–Crippen LogP) is 3.17. The highest BCUT2D eigenvalue weighted by Gasteiger charge is 2.28. The molecule has 1 aromatic heterocycles. The van der Waals surface area contributed by atoms with Crippen LogP contribution in [0.3, 0.4) is 0 Å². The van der Waals surface area contributed by atoms with Crippen LogP contribution in [-0.4, -0.2) is 53.1 Å². The summed E-state index contributed by atoms with van der Waals surface area (Å²) in [7, 11) is 0. The van der Waals surface area contributed by atoms with Crippen molar-refractivity contribution in [1.82, 2.24) is 20.0 Å². The maximum absolute atomic E-state index is 13.1. The lowest BCUT2D eigenvalue weighted by Gasteiger charge is -2.41. The molecule has 26 heavy (non-hydrogen) atoms. The van der Waals surface area contributed by atoms with Gasteiger partial charge in [-0.2, -0.15) is 5.10 Å². The van der Waals surface area contributed by atoms with Gasteiger partial charge in [-0.25, -0.2) is 9.07 Å². The van der Waals surface area contributed by atoms with E-state index in [0.29, 0.717) is 11.7 Å². The summed E-state index contributed by atoms with van der Waals surface area (Å²) in [6.45, 7) is 11.4. The maximum Gasteiger partial charge on any atom is 0.137 e. The highest BCUT2D eigenvalue weighted by atomic mass is 35.5. The van der Waals surface area contributed by atoms with Crippen molar-refractivity contribution in [3.8, 4) is 5.69 Å². The summed E-state index contributed by atoms with van der Waals surface area (Å²) >= 11 is 6.54. The van der Waals surface area contributed by atoms with Crippen molar-refractivity contribution in [2.45, 2.75) is 32.9 Å². The zero-order valence-corrected chi connectivity index (χ0v) is 16.3. The van der Waals surface area contributed by atoms with Crippen molar-refractivity contribution >= 4 is 11.6 Å². The van der Waals surface area contributed by atoms with Gasteiger partial charge in [-0.05, 0) is 45.0 Å². The van der Waals surface area contributed by atoms with Crippen LogP contribution >= 0.6 is 11.6 Å². The van der Waals surface area contributed by atoms with E-state index < -0.39 is 0 Å². The number of rotatable bonds is 6. The summed E-state index contributed by atoms with van der Waals surface area (Å²) in [5, 5.41) is 8.59. The number of aryl methyl sites for hydroxylation is 1. The number of halogens is 2. The Labute approximate surface area is 159 Å².